The highest BCUT2D eigenvalue weighted by Crippen LogP contribution is 2.08. The summed E-state index contributed by atoms with van der Waals surface area (Å²) in [6.45, 7) is 0.908. The number of halogens is 1. The van der Waals surface area contributed by atoms with Crippen LogP contribution in [0.3, 0.4) is 0 Å². The molecule has 1 aromatic heterocycles. The van der Waals surface area contributed by atoms with Crippen LogP contribution in [0.2, 0.25) is 0 Å². The first kappa shape index (κ1) is 14.6. The lowest BCUT2D eigenvalue weighted by Gasteiger charge is -2.09. The Kier molecular flexibility index (Phi) is 5.57. The Hall–Kier alpha value is -0.440. The smallest absolute Gasteiger partial charge is 0.243 e. The SMILES string of the molecule is COCC(Br)CCNS(=O)(=O)c1cnn(C)c1. The first-order valence-electron chi connectivity index (χ1n) is 5.07. The van der Waals surface area contributed by atoms with E-state index in [1.54, 1.807) is 14.2 Å². The van der Waals surface area contributed by atoms with Crippen molar-refractivity contribution >= 4 is 26.0 Å². The van der Waals surface area contributed by atoms with Crippen molar-refractivity contribution in [2.75, 3.05) is 20.3 Å². The van der Waals surface area contributed by atoms with E-state index in [1.165, 1.54) is 17.1 Å². The van der Waals surface area contributed by atoms with Crippen molar-refractivity contribution in [1.82, 2.24) is 14.5 Å². The van der Waals surface area contributed by atoms with E-state index in [0.717, 1.165) is 0 Å². The van der Waals surface area contributed by atoms with Crippen molar-refractivity contribution in [3.05, 3.63) is 12.4 Å². The molecule has 17 heavy (non-hydrogen) atoms. The number of alkyl halides is 1. The van der Waals surface area contributed by atoms with Crippen LogP contribution in [0.4, 0.5) is 0 Å². The molecule has 0 aliphatic carbocycles. The fraction of sp³-hybridized carbons (Fsp3) is 0.667. The average Bonchev–Trinajstić information content (AvgIpc) is 2.65. The zero-order valence-corrected chi connectivity index (χ0v) is 12.2. The molecule has 1 rings (SSSR count). The number of ether oxygens (including phenoxy) is 1. The van der Waals surface area contributed by atoms with Crippen LogP contribution < -0.4 is 4.72 Å². The monoisotopic (exact) mass is 325 g/mol. The van der Waals surface area contributed by atoms with E-state index in [4.69, 9.17) is 4.74 Å². The van der Waals surface area contributed by atoms with Gasteiger partial charge in [0.1, 0.15) is 4.90 Å². The predicted octanol–water partition coefficient (Wildman–Crippen LogP) is 0.498. The summed E-state index contributed by atoms with van der Waals surface area (Å²) in [6, 6.07) is 0. The van der Waals surface area contributed by atoms with Gasteiger partial charge in [0.05, 0.1) is 12.8 Å². The topological polar surface area (TPSA) is 73.2 Å². The number of methoxy groups -OCH3 is 1. The largest absolute Gasteiger partial charge is 0.384 e. The molecule has 0 saturated heterocycles. The van der Waals surface area contributed by atoms with Gasteiger partial charge >= 0.3 is 0 Å². The molecule has 0 fully saturated rings. The second-order valence-corrected chi connectivity index (χ2v) is 6.65. The molecule has 0 bridgehead atoms. The van der Waals surface area contributed by atoms with Crippen LogP contribution in [0.15, 0.2) is 17.3 Å². The van der Waals surface area contributed by atoms with E-state index < -0.39 is 10.0 Å². The van der Waals surface area contributed by atoms with Crippen molar-refractivity contribution in [3.8, 4) is 0 Å². The molecule has 1 N–H and O–H groups in total. The Balaban J connectivity index is 2.46. The minimum atomic E-state index is -3.45. The number of sulfonamides is 1. The lowest BCUT2D eigenvalue weighted by Crippen LogP contribution is -2.26. The lowest BCUT2D eigenvalue weighted by molar-refractivity contribution is 0.199. The zero-order valence-electron chi connectivity index (χ0n) is 9.76. The molecule has 1 heterocycles. The molecule has 0 amide bonds. The fourth-order valence-electron chi connectivity index (χ4n) is 1.23. The summed E-state index contributed by atoms with van der Waals surface area (Å²) in [5, 5.41) is 3.82. The molecule has 1 unspecified atom stereocenters. The summed E-state index contributed by atoms with van der Waals surface area (Å²) < 4.78 is 32.4. The molecule has 0 aromatic carbocycles. The first-order chi connectivity index (χ1) is 7.95. The zero-order chi connectivity index (χ0) is 12.9. The summed E-state index contributed by atoms with van der Waals surface area (Å²) in [4.78, 5) is 0.321. The van der Waals surface area contributed by atoms with Crippen molar-refractivity contribution < 1.29 is 13.2 Å². The van der Waals surface area contributed by atoms with E-state index >= 15 is 0 Å². The number of hydrogen-bond donors (Lipinski definition) is 1. The maximum atomic E-state index is 11.8. The third-order valence-electron chi connectivity index (χ3n) is 2.09. The maximum Gasteiger partial charge on any atom is 0.243 e. The Morgan fingerprint density at radius 2 is 2.35 bits per heavy atom. The van der Waals surface area contributed by atoms with Crippen LogP contribution in [0.25, 0.3) is 0 Å². The second kappa shape index (κ2) is 6.48. The highest BCUT2D eigenvalue weighted by Gasteiger charge is 2.15. The number of rotatable bonds is 7. The van der Waals surface area contributed by atoms with Crippen LogP contribution in [-0.2, 0) is 21.8 Å². The van der Waals surface area contributed by atoms with Gasteiger partial charge in [-0.05, 0) is 6.42 Å². The molecule has 0 spiro atoms. The maximum absolute atomic E-state index is 11.8. The first-order valence-corrected chi connectivity index (χ1v) is 7.47. The minimum absolute atomic E-state index is 0.143. The fourth-order valence-corrected chi connectivity index (χ4v) is 2.76. The lowest BCUT2D eigenvalue weighted by atomic mass is 10.3. The number of hydrogen-bond acceptors (Lipinski definition) is 4. The highest BCUT2D eigenvalue weighted by atomic mass is 79.9. The van der Waals surface area contributed by atoms with Gasteiger partial charge in [-0.1, -0.05) is 15.9 Å². The summed E-state index contributed by atoms with van der Waals surface area (Å²) >= 11 is 3.39. The van der Waals surface area contributed by atoms with Crippen LogP contribution in [0.5, 0.6) is 0 Å². The number of nitrogens with zero attached hydrogens (tertiary/aromatic N) is 2. The van der Waals surface area contributed by atoms with Crippen molar-refractivity contribution in [1.29, 1.82) is 0 Å². The van der Waals surface area contributed by atoms with E-state index in [-0.39, 0.29) is 9.72 Å². The van der Waals surface area contributed by atoms with Gasteiger partial charge in [-0.25, -0.2) is 13.1 Å². The molecular formula is C9H16BrN3O3S. The van der Waals surface area contributed by atoms with Gasteiger partial charge in [0.2, 0.25) is 10.0 Å². The van der Waals surface area contributed by atoms with Crippen molar-refractivity contribution in [2.45, 2.75) is 16.1 Å². The molecular weight excluding hydrogens is 310 g/mol. The van der Waals surface area contributed by atoms with E-state index in [2.05, 4.69) is 25.8 Å². The van der Waals surface area contributed by atoms with Crippen molar-refractivity contribution in [2.24, 2.45) is 7.05 Å². The van der Waals surface area contributed by atoms with E-state index in [1.807, 2.05) is 0 Å². The molecule has 1 aromatic rings. The summed E-state index contributed by atoms with van der Waals surface area (Å²) in [6.07, 6.45) is 3.44. The second-order valence-electron chi connectivity index (χ2n) is 3.59. The molecule has 1 atom stereocenters. The Labute approximate surface area is 110 Å². The van der Waals surface area contributed by atoms with E-state index in [9.17, 15) is 8.42 Å². The van der Waals surface area contributed by atoms with Gasteiger partial charge < -0.3 is 4.74 Å². The van der Waals surface area contributed by atoms with Crippen LogP contribution >= 0.6 is 15.9 Å². The molecule has 98 valence electrons. The van der Waals surface area contributed by atoms with Crippen LogP contribution in [0.1, 0.15) is 6.42 Å². The van der Waals surface area contributed by atoms with Gasteiger partial charge in [0, 0.05) is 31.7 Å². The Morgan fingerprint density at radius 1 is 1.65 bits per heavy atom. The quantitative estimate of drug-likeness (QED) is 0.741. The molecule has 0 saturated carbocycles. The predicted molar refractivity (Wildman–Crippen MR) is 67.6 cm³/mol. The van der Waals surface area contributed by atoms with Gasteiger partial charge in [-0.15, -0.1) is 0 Å². The molecule has 0 aliphatic rings. The third-order valence-corrected chi connectivity index (χ3v) is 4.23. The molecule has 0 radical (unpaired) electrons. The number of aromatic nitrogens is 2. The summed E-state index contributed by atoms with van der Waals surface area (Å²) in [7, 11) is -0.167. The van der Waals surface area contributed by atoms with E-state index in [0.29, 0.717) is 19.6 Å². The van der Waals surface area contributed by atoms with Gasteiger partial charge in [0.25, 0.3) is 0 Å². The van der Waals surface area contributed by atoms with Crippen LogP contribution in [-0.4, -0.2) is 43.3 Å². The van der Waals surface area contributed by atoms with Gasteiger partial charge in [-0.2, -0.15) is 5.10 Å². The summed E-state index contributed by atoms with van der Waals surface area (Å²) in [5.41, 5.74) is 0. The Bertz CT molecular complexity index is 446. The molecule has 8 heteroatoms. The minimum Gasteiger partial charge on any atom is -0.384 e. The third kappa shape index (κ3) is 4.74. The molecule has 6 nitrogen and oxygen atoms in total. The van der Waals surface area contributed by atoms with Crippen molar-refractivity contribution in [3.63, 3.8) is 0 Å². The number of aryl methyl sites for hydroxylation is 1. The Morgan fingerprint density at radius 3 is 2.88 bits per heavy atom. The van der Waals surface area contributed by atoms with Gasteiger partial charge in [-0.3, -0.25) is 4.68 Å². The molecule has 0 aliphatic heterocycles. The highest BCUT2D eigenvalue weighted by molar-refractivity contribution is 9.09. The average molecular weight is 326 g/mol. The summed E-state index contributed by atoms with van der Waals surface area (Å²) in [5.74, 6) is 0. The number of nitrogens with one attached hydrogen (secondary N) is 1. The van der Waals surface area contributed by atoms with Crippen LogP contribution in [0, 0.1) is 0 Å². The standard InChI is InChI=1S/C9H16BrN3O3S/c1-13-6-9(5-11-13)17(14,15)12-4-3-8(10)7-16-2/h5-6,8,12H,3-4,7H2,1-2H3. The normalized spacial score (nSPS) is 13.8. The van der Waals surface area contributed by atoms with Gasteiger partial charge in [0.15, 0.2) is 0 Å².